The highest BCUT2D eigenvalue weighted by molar-refractivity contribution is 8.00. The third kappa shape index (κ3) is 5.73. The molecule has 2 aliphatic rings. The molecule has 1 aromatic rings. The molecule has 32 heavy (non-hydrogen) atoms. The van der Waals surface area contributed by atoms with Crippen molar-refractivity contribution in [2.24, 2.45) is 5.41 Å². The molecule has 0 radical (unpaired) electrons. The van der Waals surface area contributed by atoms with Crippen molar-refractivity contribution >= 4 is 64.4 Å². The summed E-state index contributed by atoms with van der Waals surface area (Å²) in [7, 11) is 0. The Labute approximate surface area is 199 Å². The molecular weight excluding hydrogens is 480 g/mol. The van der Waals surface area contributed by atoms with Crippen LogP contribution < -0.4 is 11.1 Å². The van der Waals surface area contributed by atoms with Crippen LogP contribution in [0.15, 0.2) is 17.2 Å². The van der Waals surface area contributed by atoms with Gasteiger partial charge in [-0.25, -0.2) is 9.78 Å². The topological polar surface area (TPSA) is 141 Å². The van der Waals surface area contributed by atoms with Gasteiger partial charge in [-0.3, -0.25) is 19.3 Å². The van der Waals surface area contributed by atoms with Gasteiger partial charge >= 0.3 is 11.9 Å². The number of carbonyl (C=O) groups excluding carboxylic acids is 4. The minimum atomic E-state index is -0.769. The number of nitrogens with one attached hydrogen (secondary N) is 1. The first-order chi connectivity index (χ1) is 14.5. The molecule has 1 aromatic heterocycles. The Morgan fingerprint density at radius 1 is 1.28 bits per heavy atom. The van der Waals surface area contributed by atoms with Gasteiger partial charge in [-0.15, -0.1) is 35.5 Å². The van der Waals surface area contributed by atoms with Crippen LogP contribution in [0.2, 0.25) is 0 Å². The number of thiazole rings is 1. The molecule has 0 aliphatic carbocycles. The molecule has 1 fully saturated rings. The van der Waals surface area contributed by atoms with Crippen molar-refractivity contribution < 1.29 is 28.7 Å². The summed E-state index contributed by atoms with van der Waals surface area (Å²) in [5, 5.41) is 4.23. The predicted molar refractivity (Wildman–Crippen MR) is 122 cm³/mol. The molecule has 0 saturated carbocycles. The van der Waals surface area contributed by atoms with E-state index in [9.17, 15) is 19.2 Å². The molecule has 3 heterocycles. The lowest BCUT2D eigenvalue weighted by atomic mass is 9.98. The molecule has 3 rings (SSSR count). The van der Waals surface area contributed by atoms with Crippen molar-refractivity contribution in [3.63, 3.8) is 0 Å². The Morgan fingerprint density at radius 2 is 1.97 bits per heavy atom. The lowest BCUT2D eigenvalue weighted by molar-refractivity contribution is -0.173. The van der Waals surface area contributed by atoms with Gasteiger partial charge in [0.15, 0.2) is 5.13 Å². The van der Waals surface area contributed by atoms with Crippen molar-refractivity contribution in [2.75, 3.05) is 12.5 Å². The number of amides is 2. The second-order valence-electron chi connectivity index (χ2n) is 8.12. The summed E-state index contributed by atoms with van der Waals surface area (Å²) in [6, 6.07) is -0.758. The van der Waals surface area contributed by atoms with Crippen LogP contribution in [0.4, 0.5) is 5.13 Å². The van der Waals surface area contributed by atoms with E-state index in [1.54, 1.807) is 32.2 Å². The third-order valence-corrected chi connectivity index (χ3v) is 6.53. The monoisotopic (exact) mass is 504 g/mol. The van der Waals surface area contributed by atoms with Crippen molar-refractivity contribution in [1.29, 1.82) is 0 Å². The number of nitrogen functional groups attached to an aromatic ring is 1. The Morgan fingerprint density at radius 3 is 2.56 bits per heavy atom. The number of carbonyl (C=O) groups is 4. The zero-order valence-corrected chi connectivity index (χ0v) is 20.4. The van der Waals surface area contributed by atoms with Crippen LogP contribution in [0, 0.1) is 5.41 Å². The maximum Gasteiger partial charge on any atom is 0.357 e. The van der Waals surface area contributed by atoms with Gasteiger partial charge < -0.3 is 20.5 Å². The fraction of sp³-hybridized carbons (Fsp3) is 0.526. The minimum Gasteiger partial charge on any atom is -0.427 e. The summed E-state index contributed by atoms with van der Waals surface area (Å²) in [5.74, 6) is -2.05. The summed E-state index contributed by atoms with van der Waals surface area (Å²) >= 11 is 2.68. The van der Waals surface area contributed by atoms with E-state index in [1.165, 1.54) is 28.0 Å². The number of nitrogens with two attached hydrogens (primary N) is 1. The fourth-order valence-corrected chi connectivity index (χ4v) is 4.83. The zero-order chi connectivity index (χ0) is 22.9. The van der Waals surface area contributed by atoms with Crippen molar-refractivity contribution in [2.45, 2.75) is 50.8 Å². The summed E-state index contributed by atoms with van der Waals surface area (Å²) in [4.78, 5) is 54.6. The average molecular weight is 505 g/mol. The van der Waals surface area contributed by atoms with Crippen LogP contribution in [0.5, 0.6) is 0 Å². The molecule has 2 aliphatic heterocycles. The van der Waals surface area contributed by atoms with Crippen LogP contribution in [0.3, 0.4) is 0 Å². The van der Waals surface area contributed by atoms with Crippen molar-refractivity contribution in [3.8, 4) is 0 Å². The summed E-state index contributed by atoms with van der Waals surface area (Å²) in [6.07, 6.45) is 1.62. The van der Waals surface area contributed by atoms with E-state index in [0.717, 1.165) is 0 Å². The molecule has 0 bridgehead atoms. The molecule has 1 saturated heterocycles. The number of hydrogen-bond acceptors (Lipinski definition) is 10. The van der Waals surface area contributed by atoms with E-state index in [2.05, 4.69) is 10.3 Å². The number of esters is 2. The van der Waals surface area contributed by atoms with Crippen LogP contribution in [0.1, 0.15) is 33.4 Å². The number of ether oxygens (including phenoxy) is 2. The van der Waals surface area contributed by atoms with Crippen molar-refractivity contribution in [3.05, 3.63) is 22.8 Å². The Balaban J connectivity index is 0.00000363. The van der Waals surface area contributed by atoms with E-state index in [0.29, 0.717) is 10.8 Å². The summed E-state index contributed by atoms with van der Waals surface area (Å²) in [6.45, 7) is 6.37. The van der Waals surface area contributed by atoms with Gasteiger partial charge in [-0.1, -0.05) is 0 Å². The number of thioether (sulfide) groups is 1. The Kier molecular flexibility index (Phi) is 8.18. The average Bonchev–Trinajstić information content (AvgIpc) is 3.08. The largest absolute Gasteiger partial charge is 0.427 e. The first-order valence-electron chi connectivity index (χ1n) is 9.51. The SMILES string of the molecule is CC1C=C(C(=O)OCOC(=O)C(C)(C)C)N2C(=O)C(NC(=O)Cc3csc(N)n3)[C@H]2S1.Cl. The number of fused-ring (bicyclic) bond motifs is 1. The van der Waals surface area contributed by atoms with Gasteiger partial charge in [0.1, 0.15) is 17.1 Å². The third-order valence-electron chi connectivity index (χ3n) is 4.48. The second kappa shape index (κ2) is 10.1. The van der Waals surface area contributed by atoms with E-state index in [4.69, 9.17) is 15.2 Å². The van der Waals surface area contributed by atoms with E-state index < -0.39 is 41.5 Å². The first-order valence-corrected chi connectivity index (χ1v) is 11.3. The highest BCUT2D eigenvalue weighted by Crippen LogP contribution is 2.41. The summed E-state index contributed by atoms with van der Waals surface area (Å²) < 4.78 is 9.98. The first kappa shape index (κ1) is 25.9. The molecule has 0 aromatic carbocycles. The van der Waals surface area contributed by atoms with Crippen LogP contribution >= 0.6 is 35.5 Å². The van der Waals surface area contributed by atoms with Crippen LogP contribution in [-0.2, 0) is 35.1 Å². The normalized spacial score (nSPS) is 22.0. The molecule has 10 nitrogen and oxygen atoms in total. The fourth-order valence-electron chi connectivity index (χ4n) is 2.94. The molecule has 3 atom stereocenters. The maximum absolute atomic E-state index is 12.7. The highest BCUT2D eigenvalue weighted by atomic mass is 35.5. The van der Waals surface area contributed by atoms with Crippen LogP contribution in [0.25, 0.3) is 0 Å². The number of rotatable bonds is 6. The Bertz CT molecular complexity index is 944. The quantitative estimate of drug-likeness (QED) is 0.334. The molecule has 0 spiro atoms. The van der Waals surface area contributed by atoms with Gasteiger partial charge in [-0.05, 0) is 33.8 Å². The van der Waals surface area contributed by atoms with Gasteiger partial charge in [0.2, 0.25) is 12.7 Å². The van der Waals surface area contributed by atoms with Crippen molar-refractivity contribution in [1.82, 2.24) is 15.2 Å². The zero-order valence-electron chi connectivity index (χ0n) is 17.9. The lowest BCUT2D eigenvalue weighted by Crippen LogP contribution is -2.70. The standard InChI is InChI=1S/C19H24N4O6S2.ClH/c1-9-5-11(16(26)28-8-29-17(27)19(2,3)4)23-14(25)13(15(23)31-9)22-12(24)6-10-7-30-18(20)21-10;/h5,7,9,13,15H,6,8H2,1-4H3,(H2,20,21)(H,22,24);1H/t9?,13?,15-;/m1./s1. The number of halogens is 1. The van der Waals surface area contributed by atoms with E-state index >= 15 is 0 Å². The second-order valence-corrected chi connectivity index (χ2v) is 10.5. The molecule has 2 amide bonds. The Hall–Kier alpha value is -2.31. The molecule has 2 unspecified atom stereocenters. The van der Waals surface area contributed by atoms with Crippen LogP contribution in [-0.4, -0.2) is 57.1 Å². The molecule has 13 heteroatoms. The highest BCUT2D eigenvalue weighted by Gasteiger charge is 2.54. The lowest BCUT2D eigenvalue weighted by Gasteiger charge is -2.49. The number of hydrogen-bond donors (Lipinski definition) is 2. The van der Waals surface area contributed by atoms with Gasteiger partial charge in [0.05, 0.1) is 17.5 Å². The molecule has 176 valence electrons. The number of β-lactam (4-membered cyclic amide) rings is 1. The minimum absolute atomic E-state index is 0. The molecular formula is C19H25ClN4O6S2. The van der Waals surface area contributed by atoms with Gasteiger partial charge in [0.25, 0.3) is 5.91 Å². The smallest absolute Gasteiger partial charge is 0.357 e. The maximum atomic E-state index is 12.7. The predicted octanol–water partition coefficient (Wildman–Crippen LogP) is 1.45. The van der Waals surface area contributed by atoms with Gasteiger partial charge in [-0.2, -0.15) is 0 Å². The number of anilines is 1. The molecule has 3 N–H and O–H groups in total. The van der Waals surface area contributed by atoms with E-state index in [1.807, 2.05) is 6.92 Å². The van der Waals surface area contributed by atoms with Gasteiger partial charge in [0, 0.05) is 10.6 Å². The number of nitrogens with zero attached hydrogens (tertiary/aromatic N) is 2. The summed E-state index contributed by atoms with van der Waals surface area (Å²) in [5.41, 5.74) is 5.45. The van der Waals surface area contributed by atoms with E-state index in [-0.39, 0.29) is 35.7 Å². The number of aromatic nitrogens is 1.